The third kappa shape index (κ3) is 3.18. The lowest BCUT2D eigenvalue weighted by Crippen LogP contribution is -2.49. The van der Waals surface area contributed by atoms with Crippen LogP contribution in [0.15, 0.2) is 4.99 Å². The maximum Gasteiger partial charge on any atom is 0.239 e. The van der Waals surface area contributed by atoms with Crippen LogP contribution in [0.25, 0.3) is 0 Å². The third-order valence-electron chi connectivity index (χ3n) is 4.01. The molecule has 2 saturated heterocycles. The largest absolute Gasteiger partial charge is 0.373 e. The van der Waals surface area contributed by atoms with Gasteiger partial charge >= 0.3 is 0 Å². The molecule has 0 spiro atoms. The SMILES string of the molecule is CN=C(NCC(=O)NC1CC1)NC1CC2CCC1O2. The molecule has 3 rings (SSSR count). The molecule has 19 heavy (non-hydrogen) atoms. The van der Waals surface area contributed by atoms with E-state index in [-0.39, 0.29) is 12.5 Å². The Bertz CT molecular complexity index is 381. The molecule has 3 unspecified atom stereocenters. The Kier molecular flexibility index (Phi) is 3.59. The van der Waals surface area contributed by atoms with Gasteiger partial charge in [-0.25, -0.2) is 0 Å². The number of carbonyl (C=O) groups excluding carboxylic acids is 1. The summed E-state index contributed by atoms with van der Waals surface area (Å²) in [4.78, 5) is 15.8. The quantitative estimate of drug-likeness (QED) is 0.484. The Morgan fingerprint density at radius 1 is 1.26 bits per heavy atom. The second-order valence-corrected chi connectivity index (χ2v) is 5.63. The maximum atomic E-state index is 11.6. The predicted octanol–water partition coefficient (Wildman–Crippen LogP) is -0.250. The highest BCUT2D eigenvalue weighted by molar-refractivity contribution is 5.86. The minimum Gasteiger partial charge on any atom is -0.373 e. The van der Waals surface area contributed by atoms with Gasteiger partial charge in [0.25, 0.3) is 0 Å². The topological polar surface area (TPSA) is 74.8 Å². The summed E-state index contributed by atoms with van der Waals surface area (Å²) in [6.45, 7) is 0.276. The van der Waals surface area contributed by atoms with E-state index in [0.29, 0.717) is 30.3 Å². The van der Waals surface area contributed by atoms with Crippen molar-refractivity contribution in [3.8, 4) is 0 Å². The number of fused-ring (bicyclic) bond motifs is 2. The lowest BCUT2D eigenvalue weighted by molar-refractivity contribution is -0.120. The van der Waals surface area contributed by atoms with Crippen molar-refractivity contribution in [2.75, 3.05) is 13.6 Å². The molecule has 1 aliphatic carbocycles. The number of nitrogens with one attached hydrogen (secondary N) is 3. The van der Waals surface area contributed by atoms with Crippen LogP contribution in [0.3, 0.4) is 0 Å². The smallest absolute Gasteiger partial charge is 0.239 e. The summed E-state index contributed by atoms with van der Waals surface area (Å²) in [5.41, 5.74) is 0. The second-order valence-electron chi connectivity index (χ2n) is 5.63. The molecule has 0 aromatic carbocycles. The third-order valence-corrected chi connectivity index (χ3v) is 4.01. The van der Waals surface area contributed by atoms with E-state index in [4.69, 9.17) is 4.74 Å². The molecule has 106 valence electrons. The van der Waals surface area contributed by atoms with Crippen LogP contribution in [-0.4, -0.2) is 49.8 Å². The van der Waals surface area contributed by atoms with Crippen LogP contribution < -0.4 is 16.0 Å². The predicted molar refractivity (Wildman–Crippen MR) is 72.0 cm³/mol. The van der Waals surface area contributed by atoms with E-state index in [9.17, 15) is 4.79 Å². The van der Waals surface area contributed by atoms with E-state index < -0.39 is 0 Å². The lowest BCUT2D eigenvalue weighted by atomic mass is 9.96. The fraction of sp³-hybridized carbons (Fsp3) is 0.846. The van der Waals surface area contributed by atoms with Crippen LogP contribution in [0, 0.1) is 0 Å². The molecular formula is C13H22N4O2. The first-order valence-electron chi connectivity index (χ1n) is 7.16. The summed E-state index contributed by atoms with van der Waals surface area (Å²) in [5, 5.41) is 9.36. The molecule has 3 atom stereocenters. The van der Waals surface area contributed by atoms with Gasteiger partial charge in [-0.1, -0.05) is 0 Å². The Morgan fingerprint density at radius 3 is 2.68 bits per heavy atom. The number of rotatable bonds is 4. The number of aliphatic imine (C=N–C) groups is 1. The van der Waals surface area contributed by atoms with Crippen molar-refractivity contribution in [1.82, 2.24) is 16.0 Å². The number of carbonyl (C=O) groups is 1. The van der Waals surface area contributed by atoms with Crippen LogP contribution in [0.2, 0.25) is 0 Å². The molecule has 2 heterocycles. The molecule has 3 N–H and O–H groups in total. The van der Waals surface area contributed by atoms with Gasteiger partial charge in [0.05, 0.1) is 24.8 Å². The van der Waals surface area contributed by atoms with Gasteiger partial charge < -0.3 is 20.7 Å². The van der Waals surface area contributed by atoms with Crippen molar-refractivity contribution < 1.29 is 9.53 Å². The fourth-order valence-corrected chi connectivity index (χ4v) is 2.83. The van der Waals surface area contributed by atoms with E-state index in [2.05, 4.69) is 20.9 Å². The van der Waals surface area contributed by atoms with E-state index in [1.165, 1.54) is 6.42 Å². The first-order chi connectivity index (χ1) is 9.24. The Balaban J connectivity index is 1.41. The molecule has 3 fully saturated rings. The van der Waals surface area contributed by atoms with Gasteiger partial charge in [-0.05, 0) is 32.1 Å². The second kappa shape index (κ2) is 5.36. The van der Waals surface area contributed by atoms with Crippen molar-refractivity contribution >= 4 is 11.9 Å². The minimum absolute atomic E-state index is 0.0367. The van der Waals surface area contributed by atoms with Gasteiger partial charge in [0.2, 0.25) is 5.91 Å². The molecule has 6 heteroatoms. The standard InChI is InChI=1S/C13H22N4O2/c1-14-13(15-7-12(18)16-8-2-3-8)17-10-6-9-4-5-11(10)19-9/h8-11H,2-7H2,1H3,(H,16,18)(H2,14,15,17). The summed E-state index contributed by atoms with van der Waals surface area (Å²) in [5.74, 6) is 0.724. The lowest BCUT2D eigenvalue weighted by Gasteiger charge is -2.22. The molecule has 6 nitrogen and oxygen atoms in total. The molecule has 0 radical (unpaired) electrons. The van der Waals surface area contributed by atoms with Crippen LogP contribution in [-0.2, 0) is 9.53 Å². The van der Waals surface area contributed by atoms with Crippen LogP contribution >= 0.6 is 0 Å². The highest BCUT2D eigenvalue weighted by Gasteiger charge is 2.41. The zero-order valence-corrected chi connectivity index (χ0v) is 11.3. The summed E-state index contributed by atoms with van der Waals surface area (Å²) >= 11 is 0. The Morgan fingerprint density at radius 2 is 2.11 bits per heavy atom. The van der Waals surface area contributed by atoms with Crippen molar-refractivity contribution in [1.29, 1.82) is 0 Å². The monoisotopic (exact) mass is 266 g/mol. The number of guanidine groups is 1. The molecule has 1 saturated carbocycles. The van der Waals surface area contributed by atoms with Gasteiger partial charge in [0, 0.05) is 13.1 Å². The van der Waals surface area contributed by atoms with Gasteiger partial charge in [-0.15, -0.1) is 0 Å². The zero-order chi connectivity index (χ0) is 13.2. The molecular weight excluding hydrogens is 244 g/mol. The van der Waals surface area contributed by atoms with Gasteiger partial charge in [-0.2, -0.15) is 0 Å². The van der Waals surface area contributed by atoms with Gasteiger partial charge in [0.15, 0.2) is 5.96 Å². The van der Waals surface area contributed by atoms with Crippen LogP contribution in [0.4, 0.5) is 0 Å². The van der Waals surface area contributed by atoms with Gasteiger partial charge in [0.1, 0.15) is 0 Å². The summed E-state index contributed by atoms with van der Waals surface area (Å²) in [6, 6.07) is 0.736. The molecule has 1 amide bonds. The normalized spacial score (nSPS) is 33.3. The summed E-state index contributed by atoms with van der Waals surface area (Å²) in [6.07, 6.45) is 6.30. The highest BCUT2D eigenvalue weighted by Crippen LogP contribution is 2.34. The average molecular weight is 266 g/mol. The van der Waals surface area contributed by atoms with Crippen LogP contribution in [0.5, 0.6) is 0 Å². The molecule has 2 bridgehead atoms. The zero-order valence-electron chi connectivity index (χ0n) is 11.3. The number of amides is 1. The molecule has 3 aliphatic rings. The number of nitrogens with zero attached hydrogens (tertiary/aromatic N) is 1. The number of hydrogen-bond donors (Lipinski definition) is 3. The van der Waals surface area contributed by atoms with E-state index in [0.717, 1.165) is 25.7 Å². The van der Waals surface area contributed by atoms with Crippen molar-refractivity contribution in [2.24, 2.45) is 4.99 Å². The average Bonchev–Trinajstić information content (AvgIpc) is 2.98. The maximum absolute atomic E-state index is 11.6. The Labute approximate surface area is 113 Å². The fourth-order valence-electron chi connectivity index (χ4n) is 2.83. The van der Waals surface area contributed by atoms with Crippen molar-refractivity contribution in [2.45, 2.75) is 56.4 Å². The number of ether oxygens (including phenoxy) is 1. The molecule has 0 aromatic rings. The summed E-state index contributed by atoms with van der Waals surface area (Å²) < 4.78 is 5.79. The minimum atomic E-state index is 0.0367. The molecule has 0 aromatic heterocycles. The number of hydrogen-bond acceptors (Lipinski definition) is 3. The van der Waals surface area contributed by atoms with E-state index in [1.54, 1.807) is 7.05 Å². The molecule has 2 aliphatic heterocycles. The first-order valence-corrected chi connectivity index (χ1v) is 7.16. The van der Waals surface area contributed by atoms with Crippen molar-refractivity contribution in [3.63, 3.8) is 0 Å². The van der Waals surface area contributed by atoms with Gasteiger partial charge in [-0.3, -0.25) is 9.79 Å². The van der Waals surface area contributed by atoms with E-state index in [1.807, 2.05) is 0 Å². The van der Waals surface area contributed by atoms with E-state index >= 15 is 0 Å². The highest BCUT2D eigenvalue weighted by atomic mass is 16.5. The van der Waals surface area contributed by atoms with Crippen LogP contribution in [0.1, 0.15) is 32.1 Å². The van der Waals surface area contributed by atoms with Crippen molar-refractivity contribution in [3.05, 3.63) is 0 Å². The summed E-state index contributed by atoms with van der Waals surface area (Å²) in [7, 11) is 1.72. The Hall–Kier alpha value is -1.30. The first kappa shape index (κ1) is 12.7.